The van der Waals surface area contributed by atoms with Crippen molar-refractivity contribution in [2.75, 3.05) is 23.9 Å². The highest BCUT2D eigenvalue weighted by Gasteiger charge is 2.37. The van der Waals surface area contributed by atoms with Crippen molar-refractivity contribution in [3.8, 4) is 0 Å². The summed E-state index contributed by atoms with van der Waals surface area (Å²) in [5.41, 5.74) is 3.22. The van der Waals surface area contributed by atoms with Crippen LogP contribution in [0, 0.1) is 5.92 Å². The van der Waals surface area contributed by atoms with Crippen LogP contribution in [0.25, 0.3) is 0 Å². The highest BCUT2D eigenvalue weighted by atomic mass is 16.6. The van der Waals surface area contributed by atoms with E-state index < -0.39 is 5.79 Å². The lowest BCUT2D eigenvalue weighted by atomic mass is 9.86. The molecule has 3 heterocycles. The van der Waals surface area contributed by atoms with Gasteiger partial charge in [-0.3, -0.25) is 4.79 Å². The molecule has 1 saturated heterocycles. The van der Waals surface area contributed by atoms with Crippen LogP contribution in [-0.4, -0.2) is 35.8 Å². The zero-order valence-corrected chi connectivity index (χ0v) is 17.8. The number of benzene rings is 1. The van der Waals surface area contributed by atoms with E-state index in [9.17, 15) is 9.90 Å². The number of rotatable bonds is 3. The first-order valence-electron chi connectivity index (χ1n) is 11.1. The van der Waals surface area contributed by atoms with E-state index >= 15 is 0 Å². The van der Waals surface area contributed by atoms with E-state index in [-0.39, 0.29) is 17.9 Å². The summed E-state index contributed by atoms with van der Waals surface area (Å²) in [6.45, 7) is 0.974. The van der Waals surface area contributed by atoms with E-state index in [1.165, 1.54) is 0 Å². The highest BCUT2D eigenvalue weighted by Crippen LogP contribution is 2.42. The number of nitrogens with one attached hydrogen (secondary N) is 1. The number of fused-ring (bicyclic) bond motifs is 2. The molecule has 3 aliphatic rings. The fourth-order valence-corrected chi connectivity index (χ4v) is 4.98. The Kier molecular flexibility index (Phi) is 5.42. The molecule has 0 bridgehead atoms. The van der Waals surface area contributed by atoms with Gasteiger partial charge in [0, 0.05) is 36.8 Å². The van der Waals surface area contributed by atoms with Gasteiger partial charge in [-0.15, -0.1) is 0 Å². The molecule has 1 atom stereocenters. The molecule has 2 aromatic rings. The maximum absolute atomic E-state index is 13.7. The van der Waals surface area contributed by atoms with Crippen molar-refractivity contribution < 1.29 is 19.4 Å². The summed E-state index contributed by atoms with van der Waals surface area (Å²) < 4.78 is 11.1. The first-order chi connectivity index (χ1) is 15.1. The number of methoxy groups -OCH3 is 1. The van der Waals surface area contributed by atoms with Crippen LogP contribution < -0.4 is 10.2 Å². The molecule has 1 amide bonds. The smallest absolute Gasteiger partial charge is 0.230 e. The number of ether oxygens (including phenoxy) is 2. The van der Waals surface area contributed by atoms with Gasteiger partial charge in [0.05, 0.1) is 30.6 Å². The second-order valence-corrected chi connectivity index (χ2v) is 8.74. The van der Waals surface area contributed by atoms with Gasteiger partial charge in [-0.05, 0) is 50.3 Å². The first kappa shape index (κ1) is 20.4. The quantitative estimate of drug-likeness (QED) is 0.781. The standard InChI is InChI=1S/C24H29N3O4/c1-30-19-8-5-16(6-9-19)23(28)27-15-17-4-2-12-25-22(17)26-20-10-7-18(14-21(20)27)24(29)11-3-13-31-24/h2,4,7,10,12,14,16,19,29H,3,5-6,8-9,11,13,15H2,1H3,(H,25,26). The van der Waals surface area contributed by atoms with Crippen molar-refractivity contribution in [1.29, 1.82) is 0 Å². The monoisotopic (exact) mass is 423 g/mol. The molecule has 1 aromatic heterocycles. The fraction of sp³-hybridized carbons (Fsp3) is 0.500. The van der Waals surface area contributed by atoms with Crippen LogP contribution in [0.2, 0.25) is 0 Å². The number of pyridine rings is 1. The maximum Gasteiger partial charge on any atom is 0.230 e. The van der Waals surface area contributed by atoms with E-state index in [0.29, 0.717) is 25.1 Å². The molecular weight excluding hydrogens is 394 g/mol. The van der Waals surface area contributed by atoms with E-state index in [0.717, 1.165) is 54.9 Å². The molecule has 1 saturated carbocycles. The molecule has 1 unspecified atom stereocenters. The highest BCUT2D eigenvalue weighted by molar-refractivity contribution is 5.99. The number of amides is 1. The minimum absolute atomic E-state index is 0.0352. The molecule has 1 aliphatic carbocycles. The summed E-state index contributed by atoms with van der Waals surface area (Å²) in [4.78, 5) is 20.1. The molecule has 7 heteroatoms. The predicted octanol–water partition coefficient (Wildman–Crippen LogP) is 3.83. The lowest BCUT2D eigenvalue weighted by molar-refractivity contribution is -0.179. The summed E-state index contributed by atoms with van der Waals surface area (Å²) in [5.74, 6) is -0.457. The second kappa shape index (κ2) is 8.22. The van der Waals surface area contributed by atoms with Crippen molar-refractivity contribution in [3.63, 3.8) is 0 Å². The van der Waals surface area contributed by atoms with Crippen molar-refractivity contribution in [1.82, 2.24) is 4.98 Å². The molecule has 31 heavy (non-hydrogen) atoms. The minimum Gasteiger partial charge on any atom is -0.381 e. The van der Waals surface area contributed by atoms with Gasteiger partial charge < -0.3 is 24.8 Å². The molecule has 164 valence electrons. The predicted molar refractivity (Wildman–Crippen MR) is 117 cm³/mol. The Morgan fingerprint density at radius 3 is 2.87 bits per heavy atom. The number of anilines is 3. The van der Waals surface area contributed by atoms with Crippen LogP contribution >= 0.6 is 0 Å². The summed E-state index contributed by atoms with van der Waals surface area (Å²) in [7, 11) is 1.74. The van der Waals surface area contributed by atoms with Gasteiger partial charge in [-0.1, -0.05) is 12.1 Å². The molecule has 0 radical (unpaired) electrons. The topological polar surface area (TPSA) is 83.9 Å². The van der Waals surface area contributed by atoms with E-state index in [4.69, 9.17) is 9.47 Å². The number of hydrogen-bond acceptors (Lipinski definition) is 6. The van der Waals surface area contributed by atoms with Crippen molar-refractivity contribution in [3.05, 3.63) is 47.7 Å². The largest absolute Gasteiger partial charge is 0.381 e. The van der Waals surface area contributed by atoms with Crippen LogP contribution in [0.1, 0.15) is 49.7 Å². The van der Waals surface area contributed by atoms with Crippen LogP contribution in [0.3, 0.4) is 0 Å². The maximum atomic E-state index is 13.7. The van der Waals surface area contributed by atoms with Gasteiger partial charge >= 0.3 is 0 Å². The van der Waals surface area contributed by atoms with Crippen LogP contribution in [0.5, 0.6) is 0 Å². The summed E-state index contributed by atoms with van der Waals surface area (Å²) in [6, 6.07) is 9.58. The number of nitrogens with zero attached hydrogens (tertiary/aromatic N) is 2. The normalized spacial score (nSPS) is 27.7. The Balaban J connectivity index is 1.52. The number of aliphatic hydroxyl groups is 1. The Morgan fingerprint density at radius 2 is 2.13 bits per heavy atom. The third-order valence-corrected chi connectivity index (χ3v) is 6.84. The van der Waals surface area contributed by atoms with E-state index in [1.807, 2.05) is 35.2 Å². The summed E-state index contributed by atoms with van der Waals surface area (Å²) in [6.07, 6.45) is 6.80. The zero-order chi connectivity index (χ0) is 21.4. The zero-order valence-electron chi connectivity index (χ0n) is 17.8. The van der Waals surface area contributed by atoms with Gasteiger partial charge in [0.2, 0.25) is 5.91 Å². The molecule has 2 N–H and O–H groups in total. The van der Waals surface area contributed by atoms with Crippen molar-refractivity contribution >= 4 is 23.1 Å². The van der Waals surface area contributed by atoms with Crippen LogP contribution in [-0.2, 0) is 26.6 Å². The first-order valence-corrected chi connectivity index (χ1v) is 11.1. The Morgan fingerprint density at radius 1 is 1.29 bits per heavy atom. The Labute approximate surface area is 182 Å². The summed E-state index contributed by atoms with van der Waals surface area (Å²) in [5, 5.41) is 14.4. The third kappa shape index (κ3) is 3.82. The SMILES string of the molecule is COC1CCC(C(=O)N2Cc3cccnc3Nc3ccc(C4(O)CCCO4)cc32)CC1. The average molecular weight is 424 g/mol. The van der Waals surface area contributed by atoms with Gasteiger partial charge in [0.15, 0.2) is 5.79 Å². The third-order valence-electron chi connectivity index (χ3n) is 6.84. The minimum atomic E-state index is -1.29. The number of hydrogen-bond donors (Lipinski definition) is 2. The average Bonchev–Trinajstić information content (AvgIpc) is 3.18. The number of carbonyl (C=O) groups is 1. The lowest BCUT2D eigenvalue weighted by Crippen LogP contribution is -2.38. The van der Waals surface area contributed by atoms with Crippen LogP contribution in [0.4, 0.5) is 17.2 Å². The van der Waals surface area contributed by atoms with Crippen LogP contribution in [0.15, 0.2) is 36.5 Å². The van der Waals surface area contributed by atoms with E-state index in [1.54, 1.807) is 13.3 Å². The van der Waals surface area contributed by atoms with Gasteiger partial charge in [0.25, 0.3) is 0 Å². The lowest BCUT2D eigenvalue weighted by Gasteiger charge is -2.32. The van der Waals surface area contributed by atoms with Gasteiger partial charge in [0.1, 0.15) is 5.82 Å². The van der Waals surface area contributed by atoms with Gasteiger partial charge in [-0.25, -0.2) is 4.98 Å². The summed E-state index contributed by atoms with van der Waals surface area (Å²) >= 11 is 0. The van der Waals surface area contributed by atoms with Crippen molar-refractivity contribution in [2.24, 2.45) is 5.92 Å². The molecule has 0 spiro atoms. The van der Waals surface area contributed by atoms with E-state index in [2.05, 4.69) is 10.3 Å². The molecule has 2 fully saturated rings. The second-order valence-electron chi connectivity index (χ2n) is 8.74. The molecular formula is C24H29N3O4. The number of carbonyl (C=O) groups excluding carboxylic acids is 1. The Bertz CT molecular complexity index is 965. The molecule has 2 aliphatic heterocycles. The number of aromatic nitrogens is 1. The Hall–Kier alpha value is -2.48. The molecule has 7 nitrogen and oxygen atoms in total. The van der Waals surface area contributed by atoms with Gasteiger partial charge in [-0.2, -0.15) is 0 Å². The molecule has 1 aromatic carbocycles. The van der Waals surface area contributed by atoms with Crippen molar-refractivity contribution in [2.45, 2.75) is 57.0 Å². The fourth-order valence-electron chi connectivity index (χ4n) is 4.98. The molecule has 5 rings (SSSR count).